The average molecular weight is 762 g/mol. The lowest BCUT2D eigenvalue weighted by Crippen LogP contribution is -2.52. The maximum atomic E-state index is 15.7. The van der Waals surface area contributed by atoms with Crippen LogP contribution in [0.2, 0.25) is 0 Å². The molecule has 0 N–H and O–H groups in total. The molecule has 5 rings (SSSR count). The van der Waals surface area contributed by atoms with Crippen LogP contribution in [0.4, 0.5) is 65.9 Å². The van der Waals surface area contributed by atoms with Crippen LogP contribution in [0.25, 0.3) is 11.0 Å². The molecule has 0 atom stereocenters. The molecule has 0 aliphatic rings. The molecule has 0 amide bonds. The van der Waals surface area contributed by atoms with Crippen molar-refractivity contribution in [2.24, 2.45) is 0 Å². The van der Waals surface area contributed by atoms with Crippen molar-refractivity contribution in [1.29, 1.82) is 0 Å². The molecular formula is C37H22BF15. The Morgan fingerprint density at radius 3 is 0.906 bits per heavy atom. The Morgan fingerprint density at radius 1 is 0.377 bits per heavy atom. The molecule has 0 aliphatic heterocycles. The maximum Gasteiger partial charge on any atom is 0.259 e. The fourth-order valence-corrected chi connectivity index (χ4v) is 5.48. The van der Waals surface area contributed by atoms with E-state index in [9.17, 15) is 39.5 Å². The molecule has 0 heterocycles. The summed E-state index contributed by atoms with van der Waals surface area (Å²) in [6, 6.07) is 11.3. The summed E-state index contributed by atoms with van der Waals surface area (Å²) in [5.41, 5.74) is -10.9. The van der Waals surface area contributed by atoms with Crippen LogP contribution in [-0.2, 0) is 0 Å². The molecule has 16 heteroatoms. The van der Waals surface area contributed by atoms with Crippen molar-refractivity contribution >= 4 is 28.7 Å². The molecule has 0 radical (unpaired) electrons. The number of unbranched alkanes of at least 4 members (excludes halogenated alkanes) is 2. The summed E-state index contributed by atoms with van der Waals surface area (Å²) in [6.45, 7) is 0.704. The van der Waals surface area contributed by atoms with Crippen LogP contribution in [-0.4, -0.2) is 6.71 Å². The average Bonchev–Trinajstić information content (AvgIpc) is 3.16. The summed E-state index contributed by atoms with van der Waals surface area (Å²) in [5, 5.41) is 0. The molecule has 0 fully saturated rings. The Bertz CT molecular complexity index is 1990. The first-order valence-corrected chi connectivity index (χ1v) is 15.4. The normalized spacial score (nSPS) is 11.0. The number of hydrogen-bond acceptors (Lipinski definition) is 0. The van der Waals surface area contributed by atoms with E-state index in [0.29, 0.717) is 0 Å². The summed E-state index contributed by atoms with van der Waals surface area (Å²) in [4.78, 5) is 0. The number of rotatable bonds is 8. The van der Waals surface area contributed by atoms with Gasteiger partial charge in [0.2, 0.25) is 5.82 Å². The Balaban J connectivity index is 0.00000117. The van der Waals surface area contributed by atoms with Crippen LogP contribution in [0.1, 0.15) is 49.8 Å². The molecule has 53 heavy (non-hydrogen) atoms. The largest absolute Gasteiger partial charge is 0.259 e. The molecule has 0 unspecified atom stereocenters. The third-order valence-corrected chi connectivity index (χ3v) is 7.93. The molecule has 0 aliphatic carbocycles. The standard InChI is InChI=1S/C32H10BF15.C5H12/c34-18-14(19(35)25(41)30(46)24(18)40)15(13(11-7-3-1-4-8-11)12-9-5-2-6-10-12)33(16-20(36)26(42)31(47)27(43)21(16)37)17-22(38)28(44)32(48)29(45)23(17)39;1-3-5-4-2/h1-10H;3-5H2,1-2H3. The lowest BCUT2D eigenvalue weighted by Gasteiger charge is -2.27. The molecule has 278 valence electrons. The predicted octanol–water partition coefficient (Wildman–Crippen LogP) is 10.8. The first-order valence-electron chi connectivity index (χ1n) is 15.4. The SMILES string of the molecule is CCCCC.Fc1c(F)c(F)c(B(C(=C(c2ccccc2)c2ccccc2)c2c(F)c(F)c(F)c(F)c2F)c2c(F)c(F)c(F)c(F)c2F)c(F)c1F. The lowest BCUT2D eigenvalue weighted by atomic mass is 9.33. The lowest BCUT2D eigenvalue weighted by molar-refractivity contribution is 0.376. The molecule has 0 bridgehead atoms. The van der Waals surface area contributed by atoms with E-state index in [1.807, 2.05) is 0 Å². The van der Waals surface area contributed by atoms with Gasteiger partial charge in [-0.1, -0.05) is 93.8 Å². The molecule has 0 saturated carbocycles. The predicted molar refractivity (Wildman–Crippen MR) is 168 cm³/mol. The molecule has 0 spiro atoms. The summed E-state index contributed by atoms with van der Waals surface area (Å²) >= 11 is 0. The fraction of sp³-hybridized carbons (Fsp3) is 0.135. The van der Waals surface area contributed by atoms with E-state index in [1.165, 1.54) is 55.7 Å². The van der Waals surface area contributed by atoms with Crippen molar-refractivity contribution in [3.05, 3.63) is 165 Å². The Labute approximate surface area is 292 Å². The second kappa shape index (κ2) is 16.7. The second-order valence-corrected chi connectivity index (χ2v) is 11.2. The van der Waals surface area contributed by atoms with E-state index >= 15 is 26.3 Å². The summed E-state index contributed by atoms with van der Waals surface area (Å²) in [5.74, 6) is -43.4. The molecule has 5 aromatic carbocycles. The van der Waals surface area contributed by atoms with Gasteiger partial charge in [0.15, 0.2) is 81.4 Å². The first-order chi connectivity index (χ1) is 25.0. The third-order valence-electron chi connectivity index (χ3n) is 7.93. The topological polar surface area (TPSA) is 0 Å². The number of benzene rings is 5. The van der Waals surface area contributed by atoms with E-state index < -0.39 is 133 Å². The number of halogens is 15. The second-order valence-electron chi connectivity index (χ2n) is 11.2. The van der Waals surface area contributed by atoms with Crippen molar-refractivity contribution in [2.75, 3.05) is 0 Å². The highest BCUT2D eigenvalue weighted by atomic mass is 19.2. The van der Waals surface area contributed by atoms with E-state index in [2.05, 4.69) is 13.8 Å². The summed E-state index contributed by atoms with van der Waals surface area (Å²) in [6.07, 6.45) is 4.08. The molecule has 5 aromatic rings. The minimum absolute atomic E-state index is 0.430. The van der Waals surface area contributed by atoms with Crippen LogP contribution in [0, 0.1) is 87.3 Å². The van der Waals surface area contributed by atoms with Gasteiger partial charge in [-0.15, -0.1) is 0 Å². The quantitative estimate of drug-likeness (QED) is 0.0486. The van der Waals surface area contributed by atoms with E-state index in [-0.39, 0.29) is 0 Å². The van der Waals surface area contributed by atoms with Gasteiger partial charge >= 0.3 is 0 Å². The van der Waals surface area contributed by atoms with Crippen LogP contribution in [0.3, 0.4) is 0 Å². The third kappa shape index (κ3) is 7.40. The molecular weight excluding hydrogens is 740 g/mol. The Hall–Kier alpha value is -5.15. The van der Waals surface area contributed by atoms with Gasteiger partial charge in [0.1, 0.15) is 0 Å². The van der Waals surface area contributed by atoms with Gasteiger partial charge in [0, 0.05) is 16.5 Å². The Morgan fingerprint density at radius 2 is 0.642 bits per heavy atom. The van der Waals surface area contributed by atoms with E-state index in [4.69, 9.17) is 0 Å². The van der Waals surface area contributed by atoms with Crippen molar-refractivity contribution in [3.8, 4) is 0 Å². The van der Waals surface area contributed by atoms with Gasteiger partial charge in [-0.25, -0.2) is 65.9 Å². The minimum Gasteiger partial charge on any atom is -0.204 e. The first kappa shape index (κ1) is 40.6. The molecule has 0 nitrogen and oxygen atoms in total. The summed E-state index contributed by atoms with van der Waals surface area (Å²) < 4.78 is 225. The minimum atomic E-state index is -3.72. The van der Waals surface area contributed by atoms with Crippen molar-refractivity contribution in [3.63, 3.8) is 0 Å². The van der Waals surface area contributed by atoms with Crippen LogP contribution >= 0.6 is 0 Å². The molecule has 0 aromatic heterocycles. The van der Waals surface area contributed by atoms with Crippen molar-refractivity contribution < 1.29 is 65.9 Å². The van der Waals surface area contributed by atoms with Gasteiger partial charge < -0.3 is 0 Å². The highest BCUT2D eigenvalue weighted by Crippen LogP contribution is 2.39. The fourth-order valence-electron chi connectivity index (χ4n) is 5.48. The van der Waals surface area contributed by atoms with Gasteiger partial charge in [-0.2, -0.15) is 0 Å². The highest BCUT2D eigenvalue weighted by molar-refractivity contribution is 7.01. The van der Waals surface area contributed by atoms with Crippen LogP contribution in [0.5, 0.6) is 0 Å². The summed E-state index contributed by atoms with van der Waals surface area (Å²) in [7, 11) is 0. The molecule has 0 saturated heterocycles. The number of hydrogen-bond donors (Lipinski definition) is 0. The zero-order chi connectivity index (χ0) is 39.5. The van der Waals surface area contributed by atoms with Gasteiger partial charge in [-0.3, -0.25) is 0 Å². The Kier molecular flexibility index (Phi) is 12.8. The smallest absolute Gasteiger partial charge is 0.204 e. The van der Waals surface area contributed by atoms with Crippen molar-refractivity contribution in [1.82, 2.24) is 0 Å². The monoisotopic (exact) mass is 762 g/mol. The van der Waals surface area contributed by atoms with Gasteiger partial charge in [0.25, 0.3) is 6.71 Å². The van der Waals surface area contributed by atoms with E-state index in [1.54, 1.807) is 0 Å². The zero-order valence-electron chi connectivity index (χ0n) is 27.1. The zero-order valence-corrected chi connectivity index (χ0v) is 27.1. The van der Waals surface area contributed by atoms with Crippen LogP contribution < -0.4 is 10.9 Å². The van der Waals surface area contributed by atoms with Gasteiger partial charge in [0.05, 0.1) is 0 Å². The van der Waals surface area contributed by atoms with E-state index in [0.717, 1.165) is 24.3 Å². The van der Waals surface area contributed by atoms with Crippen molar-refractivity contribution in [2.45, 2.75) is 33.1 Å². The maximum absolute atomic E-state index is 15.7. The van der Waals surface area contributed by atoms with Gasteiger partial charge in [-0.05, 0) is 22.2 Å². The van der Waals surface area contributed by atoms with Crippen LogP contribution in [0.15, 0.2) is 60.7 Å². The highest BCUT2D eigenvalue weighted by Gasteiger charge is 2.45.